The van der Waals surface area contributed by atoms with Crippen LogP contribution in [0.4, 0.5) is 0 Å². The quantitative estimate of drug-likeness (QED) is 0.648. The Balaban J connectivity index is 4.84. The number of nitrogens with two attached hydrogens (primary N) is 2. The molecule has 0 atom stereocenters. The number of thiocarbonyl (C=S) groups is 1. The first-order chi connectivity index (χ1) is 7.73. The molecule has 0 heterocycles. The van der Waals surface area contributed by atoms with Crippen molar-refractivity contribution in [1.82, 2.24) is 4.90 Å². The Kier molecular flexibility index (Phi) is 6.09. The van der Waals surface area contributed by atoms with Crippen LogP contribution in [-0.2, 0) is 9.59 Å². The highest BCUT2D eigenvalue weighted by Crippen LogP contribution is 2.19. The highest BCUT2D eigenvalue weighted by Gasteiger charge is 2.35. The van der Waals surface area contributed by atoms with E-state index < -0.39 is 11.3 Å². The summed E-state index contributed by atoms with van der Waals surface area (Å²) in [6, 6.07) is 0. The third-order valence-corrected chi connectivity index (χ3v) is 3.08. The lowest BCUT2D eigenvalue weighted by Crippen LogP contribution is -2.49. The second-order valence-corrected chi connectivity index (χ2v) is 4.98. The Morgan fingerprint density at radius 2 is 1.82 bits per heavy atom. The van der Waals surface area contributed by atoms with Crippen LogP contribution in [0, 0.1) is 5.41 Å². The van der Waals surface area contributed by atoms with Crippen LogP contribution < -0.4 is 11.5 Å². The Hall–Kier alpha value is -1.17. The van der Waals surface area contributed by atoms with Gasteiger partial charge in [-0.05, 0) is 20.3 Å². The van der Waals surface area contributed by atoms with Crippen LogP contribution in [0.15, 0.2) is 0 Å². The summed E-state index contributed by atoms with van der Waals surface area (Å²) >= 11 is 4.87. The second-order valence-electron chi connectivity index (χ2n) is 4.54. The lowest BCUT2D eigenvalue weighted by molar-refractivity contribution is -0.140. The Morgan fingerprint density at radius 3 is 2.18 bits per heavy atom. The average molecular weight is 259 g/mol. The zero-order valence-electron chi connectivity index (χ0n) is 10.7. The van der Waals surface area contributed by atoms with Gasteiger partial charge in [0.15, 0.2) is 0 Å². The molecule has 0 radical (unpaired) electrons. The largest absolute Gasteiger partial charge is 0.392 e. The van der Waals surface area contributed by atoms with Crippen molar-refractivity contribution < 1.29 is 9.59 Å². The molecular weight excluding hydrogens is 238 g/mol. The van der Waals surface area contributed by atoms with Gasteiger partial charge in [0.25, 0.3) is 0 Å². The molecule has 0 aromatic rings. The topological polar surface area (TPSA) is 89.4 Å². The van der Waals surface area contributed by atoms with E-state index in [1.54, 1.807) is 13.8 Å². The van der Waals surface area contributed by atoms with Crippen LogP contribution in [0.1, 0.15) is 33.6 Å². The number of hydrogen-bond donors (Lipinski definition) is 2. The minimum Gasteiger partial charge on any atom is -0.392 e. The number of unbranched alkanes of at least 4 members (excludes halogenated alkanes) is 1. The van der Waals surface area contributed by atoms with E-state index in [1.807, 2.05) is 6.92 Å². The van der Waals surface area contributed by atoms with Crippen LogP contribution in [0.25, 0.3) is 0 Å². The van der Waals surface area contributed by atoms with Gasteiger partial charge in [0.2, 0.25) is 11.8 Å². The van der Waals surface area contributed by atoms with Gasteiger partial charge in [0.1, 0.15) is 0 Å². The number of carbonyl (C=O) groups excluding carboxylic acids is 2. The van der Waals surface area contributed by atoms with Gasteiger partial charge in [-0.15, -0.1) is 0 Å². The lowest BCUT2D eigenvalue weighted by Gasteiger charge is -2.30. The molecule has 0 saturated heterocycles. The SMILES string of the molecule is CCCCN(CC(N)=O)C(=O)C(C)(C)C(N)=S. The minimum atomic E-state index is -0.946. The van der Waals surface area contributed by atoms with Gasteiger partial charge in [0, 0.05) is 6.54 Å². The highest BCUT2D eigenvalue weighted by atomic mass is 32.1. The summed E-state index contributed by atoms with van der Waals surface area (Å²) in [5.74, 6) is -0.787. The maximum atomic E-state index is 12.2. The molecular formula is C11H21N3O2S. The second kappa shape index (κ2) is 6.54. The molecule has 0 rings (SSSR count). The zero-order chi connectivity index (χ0) is 13.6. The van der Waals surface area contributed by atoms with Crippen LogP contribution >= 0.6 is 12.2 Å². The van der Waals surface area contributed by atoms with Gasteiger partial charge in [0.05, 0.1) is 16.9 Å². The molecule has 0 aliphatic rings. The fourth-order valence-electron chi connectivity index (χ4n) is 1.29. The monoisotopic (exact) mass is 259 g/mol. The highest BCUT2D eigenvalue weighted by molar-refractivity contribution is 7.80. The van der Waals surface area contributed by atoms with E-state index in [9.17, 15) is 9.59 Å². The molecule has 0 aromatic heterocycles. The number of primary amides is 1. The van der Waals surface area contributed by atoms with E-state index >= 15 is 0 Å². The van der Waals surface area contributed by atoms with E-state index in [1.165, 1.54) is 4.90 Å². The van der Waals surface area contributed by atoms with Crippen molar-refractivity contribution in [2.75, 3.05) is 13.1 Å². The molecule has 0 bridgehead atoms. The van der Waals surface area contributed by atoms with Gasteiger partial charge in [-0.3, -0.25) is 9.59 Å². The number of amides is 2. The molecule has 6 heteroatoms. The smallest absolute Gasteiger partial charge is 0.237 e. The van der Waals surface area contributed by atoms with Gasteiger partial charge < -0.3 is 16.4 Å². The molecule has 5 nitrogen and oxygen atoms in total. The van der Waals surface area contributed by atoms with E-state index in [2.05, 4.69) is 0 Å². The fraction of sp³-hybridized carbons (Fsp3) is 0.727. The Bertz CT molecular complexity index is 316. The third kappa shape index (κ3) is 4.68. The molecule has 0 unspecified atom stereocenters. The summed E-state index contributed by atoms with van der Waals surface area (Å²) in [4.78, 5) is 24.7. The molecule has 17 heavy (non-hydrogen) atoms. The number of nitrogens with zero attached hydrogens (tertiary/aromatic N) is 1. The number of hydrogen-bond acceptors (Lipinski definition) is 3. The Morgan fingerprint density at radius 1 is 1.29 bits per heavy atom. The molecule has 0 spiro atoms. The summed E-state index contributed by atoms with van der Waals surface area (Å²) in [5.41, 5.74) is 9.72. The maximum absolute atomic E-state index is 12.2. The molecule has 0 aliphatic carbocycles. The summed E-state index contributed by atoms with van der Waals surface area (Å²) in [5, 5.41) is 0. The zero-order valence-corrected chi connectivity index (χ0v) is 11.5. The summed E-state index contributed by atoms with van der Waals surface area (Å²) in [6.07, 6.45) is 1.74. The van der Waals surface area contributed by atoms with Crippen molar-refractivity contribution in [1.29, 1.82) is 0 Å². The van der Waals surface area contributed by atoms with Crippen molar-refractivity contribution in [2.45, 2.75) is 33.6 Å². The molecule has 98 valence electrons. The average Bonchev–Trinajstić information content (AvgIpc) is 2.22. The molecule has 4 N–H and O–H groups in total. The molecule has 0 fully saturated rings. The molecule has 2 amide bonds. The van der Waals surface area contributed by atoms with E-state index in [0.29, 0.717) is 6.54 Å². The van der Waals surface area contributed by atoms with Crippen LogP contribution in [-0.4, -0.2) is 34.8 Å². The standard InChI is InChI=1S/C11H21N3O2S/c1-4-5-6-14(7-8(12)15)10(16)11(2,3)9(13)17/h4-7H2,1-3H3,(H2,12,15)(H2,13,17). The minimum absolute atomic E-state index is 0.0924. The fourth-order valence-corrected chi connectivity index (χ4v) is 1.38. The van der Waals surface area contributed by atoms with Gasteiger partial charge >= 0.3 is 0 Å². The first kappa shape index (κ1) is 15.8. The summed E-state index contributed by atoms with van der Waals surface area (Å²) < 4.78 is 0. The van der Waals surface area contributed by atoms with E-state index in [0.717, 1.165) is 12.8 Å². The maximum Gasteiger partial charge on any atom is 0.237 e. The first-order valence-corrected chi connectivity index (χ1v) is 6.01. The van der Waals surface area contributed by atoms with Crippen molar-refractivity contribution >= 4 is 29.0 Å². The lowest BCUT2D eigenvalue weighted by atomic mass is 9.91. The van der Waals surface area contributed by atoms with Crippen molar-refractivity contribution in [3.63, 3.8) is 0 Å². The molecule has 0 aliphatic heterocycles. The normalized spacial score (nSPS) is 11.0. The van der Waals surface area contributed by atoms with Crippen LogP contribution in [0.5, 0.6) is 0 Å². The van der Waals surface area contributed by atoms with Crippen LogP contribution in [0.2, 0.25) is 0 Å². The first-order valence-electron chi connectivity index (χ1n) is 5.61. The Labute approximate surface area is 108 Å². The predicted molar refractivity (Wildman–Crippen MR) is 71.2 cm³/mol. The van der Waals surface area contributed by atoms with Gasteiger partial charge in [-0.1, -0.05) is 25.6 Å². The van der Waals surface area contributed by atoms with E-state index in [4.69, 9.17) is 23.7 Å². The molecule has 0 aromatic carbocycles. The van der Waals surface area contributed by atoms with Crippen molar-refractivity contribution in [3.05, 3.63) is 0 Å². The molecule has 0 saturated carbocycles. The third-order valence-electron chi connectivity index (χ3n) is 2.57. The van der Waals surface area contributed by atoms with E-state index in [-0.39, 0.29) is 17.4 Å². The predicted octanol–water partition coefficient (Wildman–Crippen LogP) is 0.413. The summed E-state index contributed by atoms with van der Waals surface area (Å²) in [6.45, 7) is 5.70. The number of rotatable bonds is 7. The van der Waals surface area contributed by atoms with Crippen LogP contribution in [0.3, 0.4) is 0 Å². The van der Waals surface area contributed by atoms with Crippen molar-refractivity contribution in [2.24, 2.45) is 16.9 Å². The summed E-state index contributed by atoms with van der Waals surface area (Å²) in [7, 11) is 0. The number of carbonyl (C=O) groups is 2. The van der Waals surface area contributed by atoms with Gasteiger partial charge in [-0.25, -0.2) is 0 Å². The van der Waals surface area contributed by atoms with Crippen molar-refractivity contribution in [3.8, 4) is 0 Å². The van der Waals surface area contributed by atoms with Gasteiger partial charge in [-0.2, -0.15) is 0 Å².